The van der Waals surface area contributed by atoms with Crippen LogP contribution in [0.4, 0.5) is 0 Å². The Labute approximate surface area is 98.4 Å². The third kappa shape index (κ3) is 1.98. The van der Waals surface area contributed by atoms with E-state index in [1.54, 1.807) is 12.1 Å². The zero-order chi connectivity index (χ0) is 12.6. The first-order chi connectivity index (χ1) is 8.02. The average Bonchev–Trinajstić information content (AvgIpc) is 2.27. The lowest BCUT2D eigenvalue weighted by Crippen LogP contribution is -2.03. The minimum atomic E-state index is -0.522. The Hall–Kier alpha value is -1.97. The van der Waals surface area contributed by atoms with Gasteiger partial charge in [-0.05, 0) is 17.5 Å². The largest absolute Gasteiger partial charge is 0.507 e. The number of rotatable bonds is 2. The van der Waals surface area contributed by atoms with E-state index in [0.29, 0.717) is 16.9 Å². The van der Waals surface area contributed by atoms with Crippen LogP contribution >= 0.6 is 0 Å². The normalized spacial score (nSPS) is 11.1. The van der Waals surface area contributed by atoms with E-state index in [9.17, 15) is 9.90 Å². The molecule has 0 fully saturated rings. The molecule has 1 aromatic heterocycles. The van der Waals surface area contributed by atoms with E-state index in [4.69, 9.17) is 9.15 Å². The Morgan fingerprint density at radius 2 is 2.00 bits per heavy atom. The van der Waals surface area contributed by atoms with Gasteiger partial charge < -0.3 is 14.3 Å². The number of hydrogen-bond acceptors (Lipinski definition) is 4. The van der Waals surface area contributed by atoms with Crippen molar-refractivity contribution in [2.75, 3.05) is 7.11 Å². The van der Waals surface area contributed by atoms with Crippen LogP contribution < -0.4 is 10.4 Å². The maximum Gasteiger partial charge on any atom is 0.347 e. The molecule has 0 saturated carbocycles. The summed E-state index contributed by atoms with van der Waals surface area (Å²) in [5.74, 6) is 1.09. The molecule has 0 bridgehead atoms. The smallest absolute Gasteiger partial charge is 0.347 e. The van der Waals surface area contributed by atoms with Crippen molar-refractivity contribution in [3.8, 4) is 11.5 Å². The molecule has 1 heterocycles. The molecule has 0 aliphatic heterocycles. The van der Waals surface area contributed by atoms with Crippen molar-refractivity contribution in [3.63, 3.8) is 0 Å². The fraction of sp³-hybridized carbons (Fsp3) is 0.308. The van der Waals surface area contributed by atoms with Crippen molar-refractivity contribution in [2.45, 2.75) is 19.8 Å². The summed E-state index contributed by atoms with van der Waals surface area (Å²) in [4.78, 5) is 11.8. The lowest BCUT2D eigenvalue weighted by atomic mass is 10.1. The summed E-state index contributed by atoms with van der Waals surface area (Å²) < 4.78 is 10.2. The Bertz CT molecular complexity index is 611. The van der Waals surface area contributed by atoms with Gasteiger partial charge in [-0.1, -0.05) is 13.8 Å². The van der Waals surface area contributed by atoms with E-state index in [1.165, 1.54) is 13.2 Å². The van der Waals surface area contributed by atoms with Crippen molar-refractivity contribution in [1.82, 2.24) is 0 Å². The van der Waals surface area contributed by atoms with Crippen LogP contribution in [0.5, 0.6) is 11.5 Å². The summed E-state index contributed by atoms with van der Waals surface area (Å²) >= 11 is 0. The predicted molar refractivity (Wildman–Crippen MR) is 64.8 cm³/mol. The van der Waals surface area contributed by atoms with Gasteiger partial charge in [-0.2, -0.15) is 0 Å². The maximum atomic E-state index is 11.8. The first-order valence-corrected chi connectivity index (χ1v) is 5.37. The Balaban J connectivity index is 2.82. The summed E-state index contributed by atoms with van der Waals surface area (Å²) in [7, 11) is 1.51. The number of phenols is 1. The number of hydrogen-bond donors (Lipinski definition) is 1. The molecule has 2 aromatic rings. The molecule has 90 valence electrons. The number of benzene rings is 1. The van der Waals surface area contributed by atoms with Crippen molar-refractivity contribution < 1.29 is 14.3 Å². The van der Waals surface area contributed by atoms with Crippen molar-refractivity contribution in [2.24, 2.45) is 0 Å². The molecule has 0 aliphatic rings. The van der Waals surface area contributed by atoms with Gasteiger partial charge in [0.2, 0.25) is 0 Å². The Morgan fingerprint density at radius 3 is 2.59 bits per heavy atom. The quantitative estimate of drug-likeness (QED) is 0.867. The second kappa shape index (κ2) is 4.13. The van der Waals surface area contributed by atoms with Crippen LogP contribution in [0, 0.1) is 0 Å². The van der Waals surface area contributed by atoms with Crippen LogP contribution in [0.1, 0.15) is 25.5 Å². The molecule has 0 spiro atoms. The summed E-state index contributed by atoms with van der Waals surface area (Å²) in [6.45, 7) is 3.87. The van der Waals surface area contributed by atoms with Gasteiger partial charge in [-0.25, -0.2) is 4.79 Å². The number of fused-ring (bicyclic) bond motifs is 1. The number of ether oxygens (including phenoxy) is 1. The van der Waals surface area contributed by atoms with E-state index in [-0.39, 0.29) is 17.1 Å². The zero-order valence-corrected chi connectivity index (χ0v) is 9.98. The molecule has 1 N–H and O–H groups in total. The highest BCUT2D eigenvalue weighted by Gasteiger charge is 2.12. The molecule has 0 amide bonds. The fourth-order valence-electron chi connectivity index (χ4n) is 1.70. The van der Waals surface area contributed by atoms with Crippen LogP contribution in [0.2, 0.25) is 0 Å². The van der Waals surface area contributed by atoms with Crippen molar-refractivity contribution in [1.29, 1.82) is 0 Å². The molecular weight excluding hydrogens is 220 g/mol. The van der Waals surface area contributed by atoms with E-state index < -0.39 is 5.63 Å². The highest BCUT2D eigenvalue weighted by Crippen LogP contribution is 2.29. The zero-order valence-electron chi connectivity index (χ0n) is 9.98. The molecule has 0 saturated heterocycles. The van der Waals surface area contributed by atoms with Crippen LogP contribution in [0.3, 0.4) is 0 Å². The van der Waals surface area contributed by atoms with Gasteiger partial charge in [0.1, 0.15) is 22.6 Å². The Morgan fingerprint density at radius 1 is 1.29 bits per heavy atom. The van der Waals surface area contributed by atoms with Gasteiger partial charge in [0.25, 0.3) is 0 Å². The SMILES string of the molecule is COc1cc(O)c2c(=O)oc(C(C)C)cc2c1. The first kappa shape index (κ1) is 11.5. The van der Waals surface area contributed by atoms with Gasteiger partial charge in [0, 0.05) is 12.0 Å². The molecule has 0 radical (unpaired) electrons. The van der Waals surface area contributed by atoms with Gasteiger partial charge in [0.05, 0.1) is 7.11 Å². The van der Waals surface area contributed by atoms with Crippen molar-refractivity contribution >= 4 is 10.8 Å². The summed E-state index contributed by atoms with van der Waals surface area (Å²) in [6.07, 6.45) is 0. The monoisotopic (exact) mass is 234 g/mol. The average molecular weight is 234 g/mol. The molecule has 0 atom stereocenters. The number of aromatic hydroxyl groups is 1. The third-order valence-corrected chi connectivity index (χ3v) is 2.64. The van der Waals surface area contributed by atoms with Crippen molar-refractivity contribution in [3.05, 3.63) is 34.4 Å². The lowest BCUT2D eigenvalue weighted by Gasteiger charge is -2.07. The van der Waals surface area contributed by atoms with Gasteiger partial charge in [-0.15, -0.1) is 0 Å². The molecular formula is C13H14O4. The van der Waals surface area contributed by atoms with Crippen LogP contribution in [-0.2, 0) is 0 Å². The van der Waals surface area contributed by atoms with E-state index >= 15 is 0 Å². The molecule has 1 aromatic carbocycles. The minimum absolute atomic E-state index is 0.112. The standard InChI is InChI=1S/C13H14O4/c1-7(2)11-5-8-4-9(16-3)6-10(14)12(8)13(15)17-11/h4-7,14H,1-3H3. The van der Waals surface area contributed by atoms with Crippen LogP contribution in [0.15, 0.2) is 27.4 Å². The van der Waals surface area contributed by atoms with Crippen LogP contribution in [-0.4, -0.2) is 12.2 Å². The van der Waals surface area contributed by atoms with E-state index in [0.717, 1.165) is 0 Å². The van der Waals surface area contributed by atoms with E-state index in [2.05, 4.69) is 0 Å². The number of phenolic OH excluding ortho intramolecular Hbond substituents is 1. The fourth-order valence-corrected chi connectivity index (χ4v) is 1.70. The lowest BCUT2D eigenvalue weighted by molar-refractivity contribution is 0.407. The van der Waals surface area contributed by atoms with E-state index in [1.807, 2.05) is 13.8 Å². The molecule has 17 heavy (non-hydrogen) atoms. The second-order valence-corrected chi connectivity index (χ2v) is 4.20. The molecule has 2 rings (SSSR count). The predicted octanol–water partition coefficient (Wildman–Crippen LogP) is 2.63. The second-order valence-electron chi connectivity index (χ2n) is 4.20. The highest BCUT2D eigenvalue weighted by molar-refractivity contribution is 5.88. The summed E-state index contributed by atoms with van der Waals surface area (Å²) in [5.41, 5.74) is -0.522. The number of methoxy groups -OCH3 is 1. The van der Waals surface area contributed by atoms with Crippen LogP contribution in [0.25, 0.3) is 10.8 Å². The van der Waals surface area contributed by atoms with Gasteiger partial charge in [-0.3, -0.25) is 0 Å². The third-order valence-electron chi connectivity index (χ3n) is 2.64. The van der Waals surface area contributed by atoms with Gasteiger partial charge >= 0.3 is 5.63 Å². The molecule has 4 heteroatoms. The van der Waals surface area contributed by atoms with Gasteiger partial charge in [0.15, 0.2) is 0 Å². The highest BCUT2D eigenvalue weighted by atomic mass is 16.5. The maximum absolute atomic E-state index is 11.8. The molecule has 0 aliphatic carbocycles. The summed E-state index contributed by atoms with van der Waals surface area (Å²) in [5, 5.41) is 10.6. The first-order valence-electron chi connectivity index (χ1n) is 5.37. The molecule has 4 nitrogen and oxygen atoms in total. The topological polar surface area (TPSA) is 59.7 Å². The summed E-state index contributed by atoms with van der Waals surface area (Å²) in [6, 6.07) is 4.86. The minimum Gasteiger partial charge on any atom is -0.507 e. The molecule has 0 unspecified atom stereocenters. The Kier molecular flexibility index (Phi) is 2.79.